The summed E-state index contributed by atoms with van der Waals surface area (Å²) >= 11 is 1.58. The van der Waals surface area contributed by atoms with Gasteiger partial charge in [0.2, 0.25) is 17.7 Å². The van der Waals surface area contributed by atoms with Crippen LogP contribution in [0, 0.1) is 11.8 Å². The number of unbranched alkanes of at least 4 members (excludes halogenated alkanes) is 1. The van der Waals surface area contributed by atoms with Gasteiger partial charge < -0.3 is 19.8 Å². The molecule has 2 saturated heterocycles. The van der Waals surface area contributed by atoms with Gasteiger partial charge in [-0.1, -0.05) is 37.6 Å². The Morgan fingerprint density at radius 1 is 1.07 bits per heavy atom. The number of carbonyl (C=O) groups is 3. The molecule has 1 spiro atoms. The van der Waals surface area contributed by atoms with Crippen molar-refractivity contribution < 1.29 is 19.5 Å². The minimum absolute atomic E-state index is 0.0530. The fraction of sp³-hybridized carbons (Fsp3) is 0.682. The average Bonchev–Trinajstić information content (AvgIpc) is 2.97. The smallest absolute Gasteiger partial charge is 0.247 e. The first-order valence-electron chi connectivity index (χ1n) is 10.8. The molecule has 1 N–H and O–H groups in total. The van der Waals surface area contributed by atoms with Crippen molar-refractivity contribution in [1.82, 2.24) is 14.7 Å². The third-order valence-electron chi connectivity index (χ3n) is 6.96. The standard InChI is InChI=1S/C22H31N3O4S/c1-4-5-11-24-12-7-9-22-16(19(28)25(13-14-26)17(22)20(24)29)15-18(27)23(3)10-6-8-21(15,2)30-22/h6-9,15-17,26H,4-5,10-14H2,1-3H3/t15-,16+,17?,21+,22+/m1/s1. The van der Waals surface area contributed by atoms with Gasteiger partial charge in [0.1, 0.15) is 6.04 Å². The zero-order valence-electron chi connectivity index (χ0n) is 17.9. The molecule has 5 atom stereocenters. The second-order valence-electron chi connectivity index (χ2n) is 8.91. The molecular weight excluding hydrogens is 402 g/mol. The monoisotopic (exact) mass is 433 g/mol. The van der Waals surface area contributed by atoms with Crippen molar-refractivity contribution in [2.24, 2.45) is 11.8 Å². The lowest BCUT2D eigenvalue weighted by molar-refractivity contribution is -0.144. The average molecular weight is 434 g/mol. The molecule has 2 fully saturated rings. The summed E-state index contributed by atoms with van der Waals surface area (Å²) in [6.45, 7) is 5.67. The number of likely N-dealkylation sites (N-methyl/N-ethyl adjacent to an activating group) is 1. The Morgan fingerprint density at radius 2 is 1.80 bits per heavy atom. The van der Waals surface area contributed by atoms with Crippen molar-refractivity contribution in [3.8, 4) is 0 Å². The summed E-state index contributed by atoms with van der Waals surface area (Å²) in [6.07, 6.45) is 9.93. The molecular formula is C22H31N3O4S. The maximum Gasteiger partial charge on any atom is 0.247 e. The number of β-amino-alcohol motifs (C(OH)–C–C–N with tert-alkyl or cyclic N) is 1. The number of likely N-dealkylation sites (tertiary alicyclic amines) is 1. The van der Waals surface area contributed by atoms with E-state index in [2.05, 4.69) is 13.0 Å². The molecule has 0 aliphatic carbocycles. The number of amides is 3. The van der Waals surface area contributed by atoms with E-state index in [1.54, 1.807) is 23.7 Å². The lowest BCUT2D eigenvalue weighted by Crippen LogP contribution is -2.54. The van der Waals surface area contributed by atoms with E-state index in [0.717, 1.165) is 12.8 Å². The second kappa shape index (κ2) is 7.71. The van der Waals surface area contributed by atoms with E-state index in [-0.39, 0.29) is 30.9 Å². The van der Waals surface area contributed by atoms with E-state index in [1.165, 1.54) is 4.90 Å². The summed E-state index contributed by atoms with van der Waals surface area (Å²) in [5, 5.41) is 9.65. The molecule has 0 aromatic heterocycles. The van der Waals surface area contributed by atoms with E-state index >= 15 is 0 Å². The van der Waals surface area contributed by atoms with Crippen molar-refractivity contribution in [1.29, 1.82) is 0 Å². The van der Waals surface area contributed by atoms with Gasteiger partial charge in [-0.05, 0) is 13.3 Å². The minimum Gasteiger partial charge on any atom is -0.395 e. The van der Waals surface area contributed by atoms with Gasteiger partial charge in [-0.2, -0.15) is 0 Å². The van der Waals surface area contributed by atoms with Crippen molar-refractivity contribution in [2.45, 2.75) is 42.2 Å². The summed E-state index contributed by atoms with van der Waals surface area (Å²) in [4.78, 5) is 45.8. The van der Waals surface area contributed by atoms with Crippen LogP contribution < -0.4 is 0 Å². The number of aliphatic hydroxyl groups is 1. The number of aliphatic hydroxyl groups excluding tert-OH is 1. The van der Waals surface area contributed by atoms with Gasteiger partial charge >= 0.3 is 0 Å². The van der Waals surface area contributed by atoms with Crippen LogP contribution in [0.3, 0.4) is 0 Å². The molecule has 0 saturated carbocycles. The minimum atomic E-state index is -0.804. The highest BCUT2D eigenvalue weighted by molar-refractivity contribution is 8.02. The van der Waals surface area contributed by atoms with Gasteiger partial charge in [-0.25, -0.2) is 0 Å². The number of hydrogen-bond donors (Lipinski definition) is 1. The SMILES string of the molecule is CCCCN1CC=C[C@]23S[C@@]4(C)C=CCN(C)C(=O)[C@H]4[C@H]2C(=O)N(CCO)C3C1=O. The van der Waals surface area contributed by atoms with E-state index < -0.39 is 27.4 Å². The van der Waals surface area contributed by atoms with Crippen LogP contribution in [0.2, 0.25) is 0 Å². The van der Waals surface area contributed by atoms with Gasteiger partial charge in [0.15, 0.2) is 0 Å². The topological polar surface area (TPSA) is 81.2 Å². The zero-order chi connectivity index (χ0) is 21.7. The lowest BCUT2D eigenvalue weighted by Gasteiger charge is -2.36. The molecule has 4 aliphatic heterocycles. The van der Waals surface area contributed by atoms with Gasteiger partial charge in [0.05, 0.1) is 23.2 Å². The Morgan fingerprint density at radius 3 is 2.50 bits per heavy atom. The number of rotatable bonds is 5. The van der Waals surface area contributed by atoms with Gasteiger partial charge in [0.25, 0.3) is 0 Å². The van der Waals surface area contributed by atoms with Crippen molar-refractivity contribution >= 4 is 29.5 Å². The van der Waals surface area contributed by atoms with Crippen LogP contribution in [0.25, 0.3) is 0 Å². The lowest BCUT2D eigenvalue weighted by atomic mass is 9.74. The summed E-state index contributed by atoms with van der Waals surface area (Å²) in [5.74, 6) is -1.47. The molecule has 4 heterocycles. The largest absolute Gasteiger partial charge is 0.395 e. The third-order valence-corrected chi connectivity index (χ3v) is 8.76. The first-order valence-corrected chi connectivity index (χ1v) is 11.6. The highest BCUT2D eigenvalue weighted by atomic mass is 32.2. The Bertz CT molecular complexity index is 814. The second-order valence-corrected chi connectivity index (χ2v) is 10.7. The van der Waals surface area contributed by atoms with E-state index in [0.29, 0.717) is 19.6 Å². The van der Waals surface area contributed by atoms with Crippen LogP contribution in [0.15, 0.2) is 24.3 Å². The van der Waals surface area contributed by atoms with Gasteiger partial charge in [-0.3, -0.25) is 14.4 Å². The molecule has 0 radical (unpaired) electrons. The number of carbonyl (C=O) groups excluding carboxylic acids is 3. The molecule has 7 nitrogen and oxygen atoms in total. The first-order chi connectivity index (χ1) is 14.3. The summed E-state index contributed by atoms with van der Waals surface area (Å²) < 4.78 is -1.36. The Kier molecular flexibility index (Phi) is 5.51. The normalized spacial score (nSPS) is 37.9. The van der Waals surface area contributed by atoms with Gasteiger partial charge in [0, 0.05) is 38.0 Å². The maximum atomic E-state index is 13.7. The molecule has 4 aliphatic rings. The summed E-state index contributed by atoms with van der Waals surface area (Å²) in [6, 6.07) is -0.696. The molecule has 0 aromatic rings. The molecule has 164 valence electrons. The third kappa shape index (κ3) is 2.94. The highest BCUT2D eigenvalue weighted by Crippen LogP contribution is 2.65. The van der Waals surface area contributed by atoms with Crippen molar-refractivity contribution in [3.05, 3.63) is 24.3 Å². The summed E-state index contributed by atoms with van der Waals surface area (Å²) in [5.41, 5.74) is 0. The number of hydrogen-bond acceptors (Lipinski definition) is 5. The van der Waals surface area contributed by atoms with E-state index in [1.807, 2.05) is 30.1 Å². The Hall–Kier alpha value is -1.80. The van der Waals surface area contributed by atoms with Crippen LogP contribution in [0.5, 0.6) is 0 Å². The van der Waals surface area contributed by atoms with Crippen molar-refractivity contribution in [3.63, 3.8) is 0 Å². The predicted molar refractivity (Wildman–Crippen MR) is 116 cm³/mol. The van der Waals surface area contributed by atoms with E-state index in [4.69, 9.17) is 0 Å². The van der Waals surface area contributed by atoms with Gasteiger partial charge in [-0.15, -0.1) is 11.8 Å². The quantitative estimate of drug-likeness (QED) is 0.652. The fourth-order valence-corrected chi connectivity index (χ4v) is 7.75. The van der Waals surface area contributed by atoms with Crippen LogP contribution in [-0.2, 0) is 14.4 Å². The fourth-order valence-electron chi connectivity index (χ4n) is 5.59. The molecule has 0 aromatic carbocycles. The Balaban J connectivity index is 1.83. The highest BCUT2D eigenvalue weighted by Gasteiger charge is 2.73. The maximum absolute atomic E-state index is 13.7. The molecule has 4 rings (SSSR count). The number of thioether (sulfide) groups is 1. The van der Waals surface area contributed by atoms with E-state index in [9.17, 15) is 19.5 Å². The molecule has 0 bridgehead atoms. The summed E-state index contributed by atoms with van der Waals surface area (Å²) in [7, 11) is 1.76. The Labute approximate surface area is 182 Å². The number of nitrogens with zero attached hydrogens (tertiary/aromatic N) is 3. The predicted octanol–water partition coefficient (Wildman–Crippen LogP) is 0.893. The molecule has 8 heteroatoms. The van der Waals surface area contributed by atoms with Crippen LogP contribution in [0.1, 0.15) is 26.7 Å². The molecule has 30 heavy (non-hydrogen) atoms. The van der Waals surface area contributed by atoms with Crippen LogP contribution >= 0.6 is 11.8 Å². The van der Waals surface area contributed by atoms with Crippen molar-refractivity contribution in [2.75, 3.05) is 39.8 Å². The number of fused-ring (bicyclic) bond motifs is 2. The van der Waals surface area contributed by atoms with Crippen LogP contribution in [-0.4, -0.2) is 92.9 Å². The first kappa shape index (κ1) is 21.4. The molecule has 1 unspecified atom stereocenters. The van der Waals surface area contributed by atoms with Crippen LogP contribution in [0.4, 0.5) is 0 Å². The zero-order valence-corrected chi connectivity index (χ0v) is 18.7. The molecule has 3 amide bonds.